The molecule has 0 saturated heterocycles. The molecule has 2 aromatic rings. The fraction of sp³-hybridized carbons (Fsp3) is 0.263. The van der Waals surface area contributed by atoms with Crippen LogP contribution in [0.25, 0.3) is 0 Å². The number of hydrogen-bond acceptors (Lipinski definition) is 4. The molecule has 0 aliphatic heterocycles. The lowest BCUT2D eigenvalue weighted by Crippen LogP contribution is -2.26. The van der Waals surface area contributed by atoms with Crippen LogP contribution < -0.4 is 15.4 Å². The predicted octanol–water partition coefficient (Wildman–Crippen LogP) is 4.41. The zero-order chi connectivity index (χ0) is 20.7. The van der Waals surface area contributed by atoms with Crippen molar-refractivity contribution in [3.05, 3.63) is 54.1 Å². The average molecular weight is 412 g/mol. The van der Waals surface area contributed by atoms with Gasteiger partial charge in [0.15, 0.2) is 0 Å². The minimum atomic E-state index is -4.57. The second-order valence-electron chi connectivity index (χ2n) is 5.73. The Balaban J connectivity index is 1.92. The van der Waals surface area contributed by atoms with Gasteiger partial charge in [0.1, 0.15) is 5.75 Å². The number of anilines is 2. The summed E-state index contributed by atoms with van der Waals surface area (Å²) in [4.78, 5) is 24.3. The number of amides is 2. The van der Waals surface area contributed by atoms with E-state index in [4.69, 9.17) is 4.74 Å². The van der Waals surface area contributed by atoms with Gasteiger partial charge in [0.25, 0.3) is 0 Å². The van der Waals surface area contributed by atoms with Gasteiger partial charge in [-0.3, -0.25) is 9.59 Å². The third-order valence-electron chi connectivity index (χ3n) is 3.71. The first-order valence-electron chi connectivity index (χ1n) is 8.24. The normalized spacial score (nSPS) is 12.2. The Morgan fingerprint density at radius 2 is 1.64 bits per heavy atom. The number of nitrogens with one attached hydrogen (secondary N) is 2. The molecule has 2 aromatic carbocycles. The molecule has 5 nitrogen and oxygen atoms in total. The van der Waals surface area contributed by atoms with E-state index in [0.717, 1.165) is 17.8 Å². The van der Waals surface area contributed by atoms with Gasteiger partial charge in [0.2, 0.25) is 11.8 Å². The summed E-state index contributed by atoms with van der Waals surface area (Å²) in [7, 11) is 1.48. The number of rotatable bonds is 7. The standard InChI is InChI=1S/C19H19F3N2O3S/c1-12(18(26)24-14-8-4-3-7-13(14)19(20,21)22)28-11-17(25)23-15-9-5-6-10-16(15)27-2/h3-10,12H,11H2,1-2H3,(H,23,25)(H,24,26)/t12-/m1/s1. The van der Waals surface area contributed by atoms with Crippen LogP contribution in [0.15, 0.2) is 48.5 Å². The fourth-order valence-electron chi connectivity index (χ4n) is 2.28. The first-order chi connectivity index (χ1) is 13.2. The SMILES string of the molecule is COc1ccccc1NC(=O)CS[C@H](C)C(=O)Nc1ccccc1C(F)(F)F. The lowest BCUT2D eigenvalue weighted by atomic mass is 10.1. The highest BCUT2D eigenvalue weighted by atomic mass is 32.2. The van der Waals surface area contributed by atoms with Crippen molar-refractivity contribution in [1.29, 1.82) is 0 Å². The van der Waals surface area contributed by atoms with Crippen LogP contribution in [-0.4, -0.2) is 29.9 Å². The summed E-state index contributed by atoms with van der Waals surface area (Å²) in [6, 6.07) is 11.6. The highest BCUT2D eigenvalue weighted by Crippen LogP contribution is 2.34. The largest absolute Gasteiger partial charge is 0.495 e. The van der Waals surface area contributed by atoms with Gasteiger partial charge in [-0.2, -0.15) is 13.2 Å². The smallest absolute Gasteiger partial charge is 0.418 e. The van der Waals surface area contributed by atoms with Crippen molar-refractivity contribution >= 4 is 35.0 Å². The topological polar surface area (TPSA) is 67.4 Å². The molecule has 0 aliphatic carbocycles. The van der Waals surface area contributed by atoms with Crippen molar-refractivity contribution in [1.82, 2.24) is 0 Å². The molecule has 0 unspecified atom stereocenters. The predicted molar refractivity (Wildman–Crippen MR) is 104 cm³/mol. The maximum atomic E-state index is 13.0. The number of halogens is 3. The van der Waals surface area contributed by atoms with Crippen LogP contribution in [0.3, 0.4) is 0 Å². The zero-order valence-corrected chi connectivity index (χ0v) is 16.0. The highest BCUT2D eigenvalue weighted by molar-refractivity contribution is 8.01. The number of thioether (sulfide) groups is 1. The summed E-state index contributed by atoms with van der Waals surface area (Å²) in [6.45, 7) is 1.52. The van der Waals surface area contributed by atoms with E-state index in [9.17, 15) is 22.8 Å². The van der Waals surface area contributed by atoms with E-state index in [0.29, 0.717) is 11.4 Å². The number of para-hydroxylation sites is 3. The van der Waals surface area contributed by atoms with Crippen molar-refractivity contribution in [2.24, 2.45) is 0 Å². The van der Waals surface area contributed by atoms with Crippen LogP contribution in [0.5, 0.6) is 5.75 Å². The van der Waals surface area contributed by atoms with Crippen LogP contribution in [-0.2, 0) is 15.8 Å². The van der Waals surface area contributed by atoms with Gasteiger partial charge in [-0.25, -0.2) is 0 Å². The van der Waals surface area contributed by atoms with Crippen molar-refractivity contribution < 1.29 is 27.5 Å². The molecule has 0 radical (unpaired) electrons. The Hall–Kier alpha value is -2.68. The molecular formula is C19H19F3N2O3S. The molecule has 9 heteroatoms. The Morgan fingerprint density at radius 1 is 1.04 bits per heavy atom. The van der Waals surface area contributed by atoms with E-state index < -0.39 is 22.9 Å². The number of carbonyl (C=O) groups excluding carboxylic acids is 2. The average Bonchev–Trinajstić information content (AvgIpc) is 2.66. The number of alkyl halides is 3. The second-order valence-corrected chi connectivity index (χ2v) is 7.06. The third kappa shape index (κ3) is 5.91. The molecule has 0 aromatic heterocycles. The van der Waals surface area contributed by atoms with Crippen LogP contribution in [0.2, 0.25) is 0 Å². The molecule has 150 valence electrons. The van der Waals surface area contributed by atoms with Crippen LogP contribution in [0.4, 0.5) is 24.5 Å². The van der Waals surface area contributed by atoms with E-state index >= 15 is 0 Å². The third-order valence-corrected chi connectivity index (χ3v) is 4.85. The van der Waals surface area contributed by atoms with Crippen molar-refractivity contribution in [2.75, 3.05) is 23.5 Å². The van der Waals surface area contributed by atoms with Gasteiger partial charge in [-0.05, 0) is 31.2 Å². The van der Waals surface area contributed by atoms with Gasteiger partial charge in [0.05, 0.1) is 35.1 Å². The molecule has 0 heterocycles. The lowest BCUT2D eigenvalue weighted by molar-refractivity contribution is -0.137. The number of ether oxygens (including phenoxy) is 1. The van der Waals surface area contributed by atoms with Gasteiger partial charge in [-0.1, -0.05) is 24.3 Å². The first-order valence-corrected chi connectivity index (χ1v) is 9.28. The second kappa shape index (κ2) is 9.50. The van der Waals surface area contributed by atoms with Crippen molar-refractivity contribution in [3.63, 3.8) is 0 Å². The molecule has 0 fully saturated rings. The maximum absolute atomic E-state index is 13.0. The Labute approximate surface area is 164 Å². The molecule has 0 bridgehead atoms. The van der Waals surface area contributed by atoms with Crippen LogP contribution in [0.1, 0.15) is 12.5 Å². The van der Waals surface area contributed by atoms with E-state index in [2.05, 4.69) is 10.6 Å². The van der Waals surface area contributed by atoms with Gasteiger partial charge >= 0.3 is 6.18 Å². The Morgan fingerprint density at radius 3 is 2.29 bits per heavy atom. The van der Waals surface area contributed by atoms with Crippen molar-refractivity contribution in [3.8, 4) is 5.75 Å². The summed E-state index contributed by atoms with van der Waals surface area (Å²) in [5.41, 5.74) is -0.743. The van der Waals surface area contributed by atoms with Gasteiger partial charge in [0, 0.05) is 0 Å². The molecule has 2 N–H and O–H groups in total. The molecule has 0 aliphatic rings. The van der Waals surface area contributed by atoms with Crippen molar-refractivity contribution in [2.45, 2.75) is 18.3 Å². The first kappa shape index (κ1) is 21.6. The van der Waals surface area contributed by atoms with Crippen LogP contribution >= 0.6 is 11.8 Å². The van der Waals surface area contributed by atoms with Crippen LogP contribution in [0, 0.1) is 0 Å². The highest BCUT2D eigenvalue weighted by Gasteiger charge is 2.33. The van der Waals surface area contributed by atoms with E-state index in [1.807, 2.05) is 0 Å². The zero-order valence-electron chi connectivity index (χ0n) is 15.2. The summed E-state index contributed by atoms with van der Waals surface area (Å²) in [6.07, 6.45) is -4.57. The van der Waals surface area contributed by atoms with E-state index in [1.54, 1.807) is 24.3 Å². The Bertz CT molecular complexity index is 843. The van der Waals surface area contributed by atoms with Gasteiger partial charge in [-0.15, -0.1) is 11.8 Å². The summed E-state index contributed by atoms with van der Waals surface area (Å²) >= 11 is 1.01. The lowest BCUT2D eigenvalue weighted by Gasteiger charge is -2.16. The molecule has 0 spiro atoms. The fourth-order valence-corrected chi connectivity index (χ4v) is 2.97. The number of methoxy groups -OCH3 is 1. The molecular weight excluding hydrogens is 393 g/mol. The number of hydrogen-bond donors (Lipinski definition) is 2. The summed E-state index contributed by atoms with van der Waals surface area (Å²) in [5, 5.41) is 4.21. The molecule has 1 atom stereocenters. The minimum Gasteiger partial charge on any atom is -0.495 e. The summed E-state index contributed by atoms with van der Waals surface area (Å²) in [5.74, 6) is -0.528. The summed E-state index contributed by atoms with van der Waals surface area (Å²) < 4.78 is 44.1. The maximum Gasteiger partial charge on any atom is 0.418 e. The number of carbonyl (C=O) groups is 2. The quantitative estimate of drug-likeness (QED) is 0.707. The van der Waals surface area contributed by atoms with Gasteiger partial charge < -0.3 is 15.4 Å². The Kier molecular flexibility index (Phi) is 7.33. The molecule has 2 amide bonds. The van der Waals surface area contributed by atoms with E-state index in [-0.39, 0.29) is 17.3 Å². The molecule has 2 rings (SSSR count). The molecule has 0 saturated carbocycles. The number of benzene rings is 2. The van der Waals surface area contributed by atoms with E-state index in [1.165, 1.54) is 32.2 Å². The minimum absolute atomic E-state index is 0.0481. The molecule has 28 heavy (non-hydrogen) atoms. The monoisotopic (exact) mass is 412 g/mol.